The minimum Gasteiger partial charge on any atom is -0.486 e. The number of hydrogen-bond donors (Lipinski definition) is 1. The predicted octanol–water partition coefficient (Wildman–Crippen LogP) is 3.95. The maximum absolute atomic E-state index is 12.5. The summed E-state index contributed by atoms with van der Waals surface area (Å²) in [5.74, 6) is 2.13. The molecule has 1 aromatic carbocycles. The number of para-hydroxylation sites is 1. The van der Waals surface area contributed by atoms with E-state index in [4.69, 9.17) is 4.74 Å². The molecular weight excluding hydrogens is 398 g/mol. The lowest BCUT2D eigenvalue weighted by Gasteiger charge is -2.21. The molecule has 1 aromatic heterocycles. The fourth-order valence-electron chi connectivity index (χ4n) is 3.49. The van der Waals surface area contributed by atoms with Gasteiger partial charge in [-0.3, -0.25) is 4.79 Å². The van der Waals surface area contributed by atoms with Gasteiger partial charge in [-0.15, -0.1) is 10.2 Å². The Labute approximate surface area is 182 Å². The van der Waals surface area contributed by atoms with Gasteiger partial charge in [0.25, 0.3) is 0 Å². The molecule has 1 heterocycles. The van der Waals surface area contributed by atoms with E-state index in [2.05, 4.69) is 35.4 Å². The summed E-state index contributed by atoms with van der Waals surface area (Å²) in [6.45, 7) is 5.44. The number of amides is 1. The lowest BCUT2D eigenvalue weighted by molar-refractivity contribution is -0.119. The number of nitrogens with zero attached hydrogens (tertiary/aromatic N) is 4. The van der Waals surface area contributed by atoms with Crippen molar-refractivity contribution in [3.8, 4) is 11.8 Å². The lowest BCUT2D eigenvalue weighted by Crippen LogP contribution is -2.45. The van der Waals surface area contributed by atoms with Crippen molar-refractivity contribution in [2.75, 3.05) is 5.75 Å². The molecule has 1 fully saturated rings. The van der Waals surface area contributed by atoms with Crippen molar-refractivity contribution in [3.63, 3.8) is 0 Å². The first-order valence-corrected chi connectivity index (χ1v) is 11.4. The first kappa shape index (κ1) is 22.2. The summed E-state index contributed by atoms with van der Waals surface area (Å²) in [4.78, 5) is 12.5. The normalized spacial score (nSPS) is 15.1. The second-order valence-electron chi connectivity index (χ2n) is 8.07. The molecule has 160 valence electrons. The topological polar surface area (TPSA) is 92.8 Å². The van der Waals surface area contributed by atoms with E-state index in [1.807, 2.05) is 34.9 Å². The Balaban J connectivity index is 1.63. The third-order valence-electron chi connectivity index (χ3n) is 5.22. The van der Waals surface area contributed by atoms with Gasteiger partial charge in [-0.25, -0.2) is 0 Å². The molecule has 7 nitrogen and oxygen atoms in total. The standard InChI is InChI=1S/C22H29N5O2S/c1-17(2)10-13-27-19(14-29-18-8-4-3-5-9-18)25-26-21(27)30-15-20(28)24-22(16-23)11-6-7-12-22/h3-5,8-9,17H,6-7,10-15H2,1-2H3,(H,24,28). The average Bonchev–Trinajstić information content (AvgIpc) is 3.37. The van der Waals surface area contributed by atoms with Crippen molar-refractivity contribution < 1.29 is 9.53 Å². The molecule has 1 saturated carbocycles. The predicted molar refractivity (Wildman–Crippen MR) is 116 cm³/mol. The quantitative estimate of drug-likeness (QED) is 0.577. The van der Waals surface area contributed by atoms with Gasteiger partial charge in [0, 0.05) is 6.54 Å². The highest BCUT2D eigenvalue weighted by atomic mass is 32.2. The molecule has 1 aliphatic rings. The maximum Gasteiger partial charge on any atom is 0.231 e. The summed E-state index contributed by atoms with van der Waals surface area (Å²) < 4.78 is 7.89. The molecule has 2 aromatic rings. The monoisotopic (exact) mass is 427 g/mol. The number of nitrogens with one attached hydrogen (secondary N) is 1. The number of carbonyl (C=O) groups is 1. The zero-order valence-electron chi connectivity index (χ0n) is 17.6. The Bertz CT molecular complexity index is 869. The molecule has 1 aliphatic carbocycles. The van der Waals surface area contributed by atoms with Crippen molar-refractivity contribution >= 4 is 17.7 Å². The van der Waals surface area contributed by atoms with Crippen molar-refractivity contribution in [2.45, 2.75) is 69.8 Å². The second-order valence-corrected chi connectivity index (χ2v) is 9.02. The first-order chi connectivity index (χ1) is 14.5. The van der Waals surface area contributed by atoms with E-state index in [1.54, 1.807) is 0 Å². The highest BCUT2D eigenvalue weighted by molar-refractivity contribution is 7.99. The van der Waals surface area contributed by atoms with Gasteiger partial charge in [0.1, 0.15) is 17.9 Å². The summed E-state index contributed by atoms with van der Waals surface area (Å²) in [6, 6.07) is 11.9. The number of thioether (sulfide) groups is 1. The van der Waals surface area contributed by atoms with Crippen LogP contribution in [-0.4, -0.2) is 32.0 Å². The van der Waals surface area contributed by atoms with Gasteiger partial charge in [-0.1, -0.05) is 43.8 Å². The van der Waals surface area contributed by atoms with Crippen LogP contribution in [-0.2, 0) is 17.9 Å². The van der Waals surface area contributed by atoms with Crippen LogP contribution in [0.1, 0.15) is 51.8 Å². The van der Waals surface area contributed by atoms with Crippen LogP contribution < -0.4 is 10.1 Å². The van der Waals surface area contributed by atoms with Crippen LogP contribution in [0.25, 0.3) is 0 Å². The van der Waals surface area contributed by atoms with E-state index in [0.29, 0.717) is 17.7 Å². The molecule has 0 atom stereocenters. The third-order valence-corrected chi connectivity index (χ3v) is 6.18. The van der Waals surface area contributed by atoms with E-state index < -0.39 is 5.54 Å². The number of rotatable bonds is 10. The van der Waals surface area contributed by atoms with E-state index in [0.717, 1.165) is 50.2 Å². The molecule has 0 aliphatic heterocycles. The molecule has 1 amide bonds. The molecular formula is C22H29N5O2S. The maximum atomic E-state index is 12.5. The van der Waals surface area contributed by atoms with Crippen molar-refractivity contribution in [3.05, 3.63) is 36.2 Å². The number of carbonyl (C=O) groups excluding carboxylic acids is 1. The van der Waals surface area contributed by atoms with Crippen molar-refractivity contribution in [1.29, 1.82) is 5.26 Å². The summed E-state index contributed by atoms with van der Waals surface area (Å²) in [6.07, 6.45) is 4.40. The van der Waals surface area contributed by atoms with Crippen LogP contribution in [0, 0.1) is 17.2 Å². The zero-order chi connectivity index (χ0) is 21.4. The number of hydrogen-bond acceptors (Lipinski definition) is 6. The highest BCUT2D eigenvalue weighted by Gasteiger charge is 2.35. The zero-order valence-corrected chi connectivity index (χ0v) is 18.5. The molecule has 0 unspecified atom stereocenters. The number of nitriles is 1. The fourth-order valence-corrected chi connectivity index (χ4v) is 4.27. The van der Waals surface area contributed by atoms with Crippen molar-refractivity contribution in [2.24, 2.45) is 5.92 Å². The van der Waals surface area contributed by atoms with Gasteiger partial charge in [0.05, 0.1) is 11.8 Å². The van der Waals surface area contributed by atoms with Gasteiger partial charge in [0.2, 0.25) is 5.91 Å². The Morgan fingerprint density at radius 2 is 2.03 bits per heavy atom. The van der Waals surface area contributed by atoms with Gasteiger partial charge >= 0.3 is 0 Å². The Hall–Kier alpha value is -2.53. The summed E-state index contributed by atoms with van der Waals surface area (Å²) in [7, 11) is 0. The van der Waals surface area contributed by atoms with Gasteiger partial charge in [-0.05, 0) is 50.2 Å². The van der Waals surface area contributed by atoms with Crippen molar-refractivity contribution in [1.82, 2.24) is 20.1 Å². The Morgan fingerprint density at radius 1 is 1.30 bits per heavy atom. The first-order valence-electron chi connectivity index (χ1n) is 10.5. The average molecular weight is 428 g/mol. The van der Waals surface area contributed by atoms with E-state index >= 15 is 0 Å². The van der Waals surface area contributed by atoms with E-state index in [-0.39, 0.29) is 11.7 Å². The van der Waals surface area contributed by atoms with Crippen LogP contribution in [0.5, 0.6) is 5.75 Å². The number of ether oxygens (including phenoxy) is 1. The molecule has 0 bridgehead atoms. The molecule has 0 radical (unpaired) electrons. The summed E-state index contributed by atoms with van der Waals surface area (Å²) >= 11 is 1.35. The molecule has 30 heavy (non-hydrogen) atoms. The van der Waals surface area contributed by atoms with Crippen LogP contribution in [0.15, 0.2) is 35.5 Å². The van der Waals surface area contributed by atoms with Crippen LogP contribution in [0.2, 0.25) is 0 Å². The number of benzene rings is 1. The lowest BCUT2D eigenvalue weighted by atomic mass is 10.0. The molecule has 8 heteroatoms. The molecule has 0 saturated heterocycles. The Kier molecular flexibility index (Phi) is 7.75. The second kappa shape index (κ2) is 10.5. The SMILES string of the molecule is CC(C)CCn1c(COc2ccccc2)nnc1SCC(=O)NC1(C#N)CCCC1. The highest BCUT2D eigenvalue weighted by Crippen LogP contribution is 2.29. The third kappa shape index (κ3) is 5.99. The van der Waals surface area contributed by atoms with Crippen LogP contribution in [0.3, 0.4) is 0 Å². The molecule has 0 spiro atoms. The Morgan fingerprint density at radius 3 is 2.70 bits per heavy atom. The van der Waals surface area contributed by atoms with Gasteiger partial charge in [-0.2, -0.15) is 5.26 Å². The number of aromatic nitrogens is 3. The smallest absolute Gasteiger partial charge is 0.231 e. The summed E-state index contributed by atoms with van der Waals surface area (Å²) in [5.41, 5.74) is -0.697. The van der Waals surface area contributed by atoms with Crippen LogP contribution in [0.4, 0.5) is 0 Å². The minimum absolute atomic E-state index is 0.135. The molecule has 3 rings (SSSR count). The molecule has 1 N–H and O–H groups in total. The van der Waals surface area contributed by atoms with Gasteiger partial charge in [0.15, 0.2) is 11.0 Å². The minimum atomic E-state index is -0.697. The largest absolute Gasteiger partial charge is 0.486 e. The van der Waals surface area contributed by atoms with E-state index in [9.17, 15) is 10.1 Å². The summed E-state index contributed by atoms with van der Waals surface area (Å²) in [5, 5.41) is 21.7. The van der Waals surface area contributed by atoms with Crippen LogP contribution >= 0.6 is 11.8 Å². The van der Waals surface area contributed by atoms with E-state index in [1.165, 1.54) is 11.8 Å². The fraction of sp³-hybridized carbons (Fsp3) is 0.545. The van der Waals surface area contributed by atoms with Gasteiger partial charge < -0.3 is 14.6 Å².